The van der Waals surface area contributed by atoms with Crippen molar-refractivity contribution in [2.75, 3.05) is 24.5 Å². The third kappa shape index (κ3) is 4.03. The Morgan fingerprint density at radius 1 is 1.19 bits per heavy atom. The van der Waals surface area contributed by atoms with Crippen LogP contribution in [0.1, 0.15) is 28.8 Å². The number of primary amides is 1. The smallest absolute Gasteiger partial charge is 0.251 e. The molecule has 0 spiro atoms. The van der Waals surface area contributed by atoms with E-state index in [0.29, 0.717) is 17.4 Å². The molecule has 0 atom stereocenters. The van der Waals surface area contributed by atoms with Gasteiger partial charge in [-0.1, -0.05) is 6.07 Å². The van der Waals surface area contributed by atoms with E-state index < -0.39 is 5.91 Å². The van der Waals surface area contributed by atoms with Gasteiger partial charge in [0, 0.05) is 32.0 Å². The van der Waals surface area contributed by atoms with Gasteiger partial charge in [-0.15, -0.1) is 0 Å². The van der Waals surface area contributed by atoms with Gasteiger partial charge in [0.15, 0.2) is 0 Å². The maximum Gasteiger partial charge on any atom is 0.251 e. The minimum atomic E-state index is -0.506. The molecule has 1 aromatic carbocycles. The van der Waals surface area contributed by atoms with Crippen LogP contribution in [-0.4, -0.2) is 50.9 Å². The Labute approximate surface area is 156 Å². The predicted molar refractivity (Wildman–Crippen MR) is 101 cm³/mol. The summed E-state index contributed by atoms with van der Waals surface area (Å²) in [5.74, 6) is 0.781. The second kappa shape index (κ2) is 7.67. The van der Waals surface area contributed by atoms with Crippen LogP contribution in [0, 0.1) is 5.92 Å². The van der Waals surface area contributed by atoms with Crippen molar-refractivity contribution in [2.24, 2.45) is 11.7 Å². The summed E-state index contributed by atoms with van der Waals surface area (Å²) in [7, 11) is 0. The van der Waals surface area contributed by atoms with Gasteiger partial charge in [-0.2, -0.15) is 15.4 Å². The van der Waals surface area contributed by atoms with Crippen molar-refractivity contribution in [3.05, 3.63) is 41.7 Å². The molecule has 140 valence electrons. The molecule has 9 heteroatoms. The Hall–Kier alpha value is -3.07. The molecular formula is C18H22N8O. The van der Waals surface area contributed by atoms with E-state index in [0.717, 1.165) is 50.1 Å². The first-order chi connectivity index (χ1) is 13.2. The van der Waals surface area contributed by atoms with Crippen LogP contribution in [0.3, 0.4) is 0 Å². The lowest BCUT2D eigenvalue weighted by Crippen LogP contribution is -2.38. The van der Waals surface area contributed by atoms with Crippen molar-refractivity contribution >= 4 is 22.9 Å². The lowest BCUT2D eigenvalue weighted by Gasteiger charge is -2.32. The molecule has 0 saturated carbocycles. The molecule has 0 unspecified atom stereocenters. The monoisotopic (exact) mass is 366 g/mol. The summed E-state index contributed by atoms with van der Waals surface area (Å²) in [5, 5.41) is 14.4. The first-order valence-corrected chi connectivity index (χ1v) is 9.06. The van der Waals surface area contributed by atoms with Crippen LogP contribution in [0.15, 0.2) is 30.6 Å². The largest absolute Gasteiger partial charge is 0.366 e. The van der Waals surface area contributed by atoms with E-state index in [1.165, 1.54) is 18.0 Å². The van der Waals surface area contributed by atoms with Crippen LogP contribution < -0.4 is 16.0 Å². The number of carbonyl (C=O) groups is 1. The van der Waals surface area contributed by atoms with Gasteiger partial charge in [0.05, 0.1) is 5.56 Å². The van der Waals surface area contributed by atoms with E-state index in [1.807, 2.05) is 6.07 Å². The number of H-pyrrole nitrogens is 1. The number of nitrogens with two attached hydrogens (primary N) is 1. The van der Waals surface area contributed by atoms with Gasteiger partial charge in [0.2, 0.25) is 5.95 Å². The minimum Gasteiger partial charge on any atom is -0.366 e. The van der Waals surface area contributed by atoms with E-state index in [1.54, 1.807) is 0 Å². The zero-order valence-corrected chi connectivity index (χ0v) is 14.9. The molecule has 1 aliphatic heterocycles. The van der Waals surface area contributed by atoms with Crippen LogP contribution in [0.5, 0.6) is 0 Å². The van der Waals surface area contributed by atoms with Gasteiger partial charge in [0.25, 0.3) is 5.91 Å². The third-order valence-electron chi connectivity index (χ3n) is 4.96. The second-order valence-electron chi connectivity index (χ2n) is 6.84. The fourth-order valence-corrected chi connectivity index (χ4v) is 3.37. The highest BCUT2D eigenvalue weighted by atomic mass is 16.1. The standard InChI is InChI=1S/C18H22N8O/c19-17(27)14-10-21-18(22-11-14)26-5-3-12(4-6-26)8-20-9-13-1-2-15-16(7-13)24-25-23-15/h1-2,7,10-12,20H,3-6,8-9H2,(H2,19,27)(H,23,24,25). The van der Waals surface area contributed by atoms with Crippen molar-refractivity contribution in [1.82, 2.24) is 30.7 Å². The van der Waals surface area contributed by atoms with Gasteiger partial charge < -0.3 is 16.0 Å². The molecule has 0 bridgehead atoms. The summed E-state index contributed by atoms with van der Waals surface area (Å²) in [4.78, 5) is 21.8. The molecule has 3 heterocycles. The molecule has 9 nitrogen and oxygen atoms in total. The number of hydrogen-bond donors (Lipinski definition) is 3. The number of nitrogens with zero attached hydrogens (tertiary/aromatic N) is 5. The first kappa shape index (κ1) is 17.3. The Kier molecular flexibility index (Phi) is 4.93. The Balaban J connectivity index is 1.23. The highest BCUT2D eigenvalue weighted by Crippen LogP contribution is 2.20. The van der Waals surface area contributed by atoms with Crippen LogP contribution in [0.25, 0.3) is 11.0 Å². The number of rotatable bonds is 6. The molecule has 1 fully saturated rings. The normalized spacial score (nSPS) is 15.3. The third-order valence-corrected chi connectivity index (χ3v) is 4.96. The summed E-state index contributed by atoms with van der Waals surface area (Å²) in [6.45, 7) is 3.62. The number of aromatic amines is 1. The number of anilines is 1. The number of fused-ring (bicyclic) bond motifs is 1. The number of hydrogen-bond acceptors (Lipinski definition) is 7. The fraction of sp³-hybridized carbons (Fsp3) is 0.389. The summed E-state index contributed by atoms with van der Waals surface area (Å²) in [5.41, 5.74) is 8.54. The van der Waals surface area contributed by atoms with Gasteiger partial charge in [-0.25, -0.2) is 9.97 Å². The molecule has 3 aromatic rings. The predicted octanol–water partition coefficient (Wildman–Crippen LogP) is 0.853. The number of nitrogens with one attached hydrogen (secondary N) is 2. The summed E-state index contributed by atoms with van der Waals surface area (Å²) >= 11 is 0. The summed E-state index contributed by atoms with van der Waals surface area (Å²) in [6, 6.07) is 6.12. The molecule has 4 rings (SSSR count). The van der Waals surface area contributed by atoms with Crippen LogP contribution >= 0.6 is 0 Å². The number of aromatic nitrogens is 5. The van der Waals surface area contributed by atoms with Gasteiger partial charge in [-0.3, -0.25) is 4.79 Å². The number of benzene rings is 1. The average Bonchev–Trinajstić information content (AvgIpc) is 3.16. The lowest BCUT2D eigenvalue weighted by molar-refractivity contribution is 0.0999. The molecule has 2 aromatic heterocycles. The maximum atomic E-state index is 11.1. The lowest BCUT2D eigenvalue weighted by atomic mass is 9.97. The highest BCUT2D eigenvalue weighted by molar-refractivity contribution is 5.92. The Morgan fingerprint density at radius 2 is 1.93 bits per heavy atom. The first-order valence-electron chi connectivity index (χ1n) is 9.06. The van der Waals surface area contributed by atoms with Crippen LogP contribution in [-0.2, 0) is 6.54 Å². The van der Waals surface area contributed by atoms with Crippen LogP contribution in [0.4, 0.5) is 5.95 Å². The number of piperidine rings is 1. The van der Waals surface area contributed by atoms with Crippen molar-refractivity contribution in [3.8, 4) is 0 Å². The van der Waals surface area contributed by atoms with Crippen molar-refractivity contribution in [3.63, 3.8) is 0 Å². The molecule has 27 heavy (non-hydrogen) atoms. The van der Waals surface area contributed by atoms with Crippen molar-refractivity contribution < 1.29 is 4.79 Å². The summed E-state index contributed by atoms with van der Waals surface area (Å²) in [6.07, 6.45) is 5.14. The quantitative estimate of drug-likeness (QED) is 0.590. The molecule has 0 aliphatic carbocycles. The molecule has 4 N–H and O–H groups in total. The van der Waals surface area contributed by atoms with E-state index in [9.17, 15) is 4.79 Å². The number of amides is 1. The Bertz CT molecular complexity index is 915. The molecule has 1 aliphatic rings. The zero-order chi connectivity index (χ0) is 18.6. The van der Waals surface area contributed by atoms with E-state index in [-0.39, 0.29) is 0 Å². The molecule has 0 radical (unpaired) electrons. The average molecular weight is 366 g/mol. The van der Waals surface area contributed by atoms with E-state index >= 15 is 0 Å². The highest BCUT2D eigenvalue weighted by Gasteiger charge is 2.20. The SMILES string of the molecule is NC(=O)c1cnc(N2CCC(CNCc3ccc4n[nH]nc4c3)CC2)nc1. The van der Waals surface area contributed by atoms with Crippen molar-refractivity contribution in [2.45, 2.75) is 19.4 Å². The van der Waals surface area contributed by atoms with Gasteiger partial charge in [0.1, 0.15) is 11.0 Å². The van der Waals surface area contributed by atoms with Crippen LogP contribution in [0.2, 0.25) is 0 Å². The molecule has 1 saturated heterocycles. The van der Waals surface area contributed by atoms with Gasteiger partial charge >= 0.3 is 0 Å². The zero-order valence-electron chi connectivity index (χ0n) is 14.9. The second-order valence-corrected chi connectivity index (χ2v) is 6.84. The minimum absolute atomic E-state index is 0.335. The molecular weight excluding hydrogens is 344 g/mol. The van der Waals surface area contributed by atoms with E-state index in [4.69, 9.17) is 5.73 Å². The van der Waals surface area contributed by atoms with Gasteiger partial charge in [-0.05, 0) is 43.0 Å². The fourth-order valence-electron chi connectivity index (χ4n) is 3.37. The topological polar surface area (TPSA) is 126 Å². The maximum absolute atomic E-state index is 11.1. The van der Waals surface area contributed by atoms with Crippen molar-refractivity contribution in [1.29, 1.82) is 0 Å². The number of carbonyl (C=O) groups excluding carboxylic acids is 1. The molecule has 1 amide bonds. The summed E-state index contributed by atoms with van der Waals surface area (Å²) < 4.78 is 0. The van der Waals surface area contributed by atoms with E-state index in [2.05, 4.69) is 47.7 Å². The Morgan fingerprint density at radius 3 is 2.67 bits per heavy atom.